The minimum Gasteiger partial charge on any atom is -0.481 e. The molecule has 2 rings (SSSR count). The third-order valence-corrected chi connectivity index (χ3v) is 4.28. The van der Waals surface area contributed by atoms with Gasteiger partial charge >= 0.3 is 5.97 Å². The second-order valence-corrected chi connectivity index (χ2v) is 5.28. The Labute approximate surface area is 94.5 Å². The van der Waals surface area contributed by atoms with Crippen LogP contribution in [0.3, 0.4) is 0 Å². The minimum absolute atomic E-state index is 0.159. The molecule has 1 aromatic heterocycles. The van der Waals surface area contributed by atoms with Crippen molar-refractivity contribution in [3.63, 3.8) is 0 Å². The van der Waals surface area contributed by atoms with E-state index >= 15 is 0 Å². The van der Waals surface area contributed by atoms with Crippen LogP contribution in [-0.2, 0) is 11.3 Å². The third kappa shape index (κ3) is 1.99. The summed E-state index contributed by atoms with van der Waals surface area (Å²) in [6.07, 6.45) is 0. The molecule has 0 aromatic carbocycles. The predicted molar refractivity (Wildman–Crippen MR) is 58.4 cm³/mol. The molecular weight excluding hydrogens is 266 g/mol. The van der Waals surface area contributed by atoms with Gasteiger partial charge in [-0.2, -0.15) is 0 Å². The Morgan fingerprint density at radius 2 is 2.43 bits per heavy atom. The number of halogens is 1. The fourth-order valence-corrected chi connectivity index (χ4v) is 3.02. The number of nitrogens with zero attached hydrogens (tertiary/aromatic N) is 1. The summed E-state index contributed by atoms with van der Waals surface area (Å²) in [5.41, 5.74) is 0. The average Bonchev–Trinajstić information content (AvgIpc) is 2.42. The van der Waals surface area contributed by atoms with Gasteiger partial charge in [0, 0.05) is 29.0 Å². The number of carbonyl (C=O) groups is 1. The molecule has 1 N–H and O–H groups in total. The topological polar surface area (TPSA) is 40.5 Å². The number of rotatable bonds is 3. The lowest BCUT2D eigenvalue weighted by Crippen LogP contribution is -2.49. The molecule has 0 radical (unpaired) electrons. The largest absolute Gasteiger partial charge is 0.481 e. The Hall–Kier alpha value is -0.390. The maximum Gasteiger partial charge on any atom is 0.309 e. The second kappa shape index (κ2) is 4.00. The summed E-state index contributed by atoms with van der Waals surface area (Å²) in [5, 5.41) is 10.7. The number of likely N-dealkylation sites (tertiary alicyclic amines) is 1. The quantitative estimate of drug-likeness (QED) is 0.918. The van der Waals surface area contributed by atoms with E-state index in [4.69, 9.17) is 5.11 Å². The van der Waals surface area contributed by atoms with Crippen molar-refractivity contribution in [2.24, 2.45) is 5.92 Å². The highest BCUT2D eigenvalue weighted by Crippen LogP contribution is 2.27. The first-order chi connectivity index (χ1) is 6.66. The molecule has 1 aromatic rings. The molecule has 0 atom stereocenters. The molecule has 1 aliphatic rings. The van der Waals surface area contributed by atoms with Gasteiger partial charge < -0.3 is 5.11 Å². The zero-order chi connectivity index (χ0) is 10.1. The SMILES string of the molecule is O=C(O)C1CN(Cc2sccc2Br)C1. The summed E-state index contributed by atoms with van der Waals surface area (Å²) in [4.78, 5) is 14.0. The molecule has 0 amide bonds. The van der Waals surface area contributed by atoms with Crippen LogP contribution in [0.4, 0.5) is 0 Å². The molecule has 2 heterocycles. The van der Waals surface area contributed by atoms with Crippen LogP contribution in [0.5, 0.6) is 0 Å². The summed E-state index contributed by atoms with van der Waals surface area (Å²) >= 11 is 5.16. The van der Waals surface area contributed by atoms with Crippen molar-refractivity contribution in [1.29, 1.82) is 0 Å². The van der Waals surface area contributed by atoms with Gasteiger partial charge in [-0.1, -0.05) is 0 Å². The van der Waals surface area contributed by atoms with Gasteiger partial charge in [-0.25, -0.2) is 0 Å². The molecule has 76 valence electrons. The maximum atomic E-state index is 10.6. The Morgan fingerprint density at radius 3 is 2.93 bits per heavy atom. The molecule has 0 unspecified atom stereocenters. The molecule has 3 nitrogen and oxygen atoms in total. The number of aliphatic carboxylic acids is 1. The van der Waals surface area contributed by atoms with Crippen LogP contribution in [-0.4, -0.2) is 29.1 Å². The summed E-state index contributed by atoms with van der Waals surface area (Å²) in [6, 6.07) is 2.02. The monoisotopic (exact) mass is 275 g/mol. The first kappa shape index (κ1) is 10.1. The molecular formula is C9H10BrNO2S. The molecule has 0 saturated carbocycles. The van der Waals surface area contributed by atoms with Crippen molar-refractivity contribution >= 4 is 33.2 Å². The normalized spacial score (nSPS) is 18.1. The van der Waals surface area contributed by atoms with E-state index in [2.05, 4.69) is 20.8 Å². The van der Waals surface area contributed by atoms with E-state index in [1.54, 1.807) is 11.3 Å². The number of hydrogen-bond donors (Lipinski definition) is 1. The van der Waals surface area contributed by atoms with E-state index in [1.807, 2.05) is 11.4 Å². The lowest BCUT2D eigenvalue weighted by Gasteiger charge is -2.36. The van der Waals surface area contributed by atoms with Crippen molar-refractivity contribution in [1.82, 2.24) is 4.90 Å². The summed E-state index contributed by atoms with van der Waals surface area (Å²) in [5.74, 6) is -0.833. The zero-order valence-corrected chi connectivity index (χ0v) is 9.84. The predicted octanol–water partition coefficient (Wildman–Crippen LogP) is 2.03. The molecule has 0 spiro atoms. The van der Waals surface area contributed by atoms with Gasteiger partial charge in [0.25, 0.3) is 0 Å². The number of carboxylic acids is 1. The number of thiophene rings is 1. The van der Waals surface area contributed by atoms with E-state index in [9.17, 15) is 4.79 Å². The van der Waals surface area contributed by atoms with Gasteiger partial charge in [0.05, 0.1) is 5.92 Å². The molecule has 14 heavy (non-hydrogen) atoms. The smallest absolute Gasteiger partial charge is 0.309 e. The van der Waals surface area contributed by atoms with Crippen LogP contribution >= 0.6 is 27.3 Å². The van der Waals surface area contributed by atoms with E-state index in [0.29, 0.717) is 13.1 Å². The highest BCUT2D eigenvalue weighted by atomic mass is 79.9. The zero-order valence-electron chi connectivity index (χ0n) is 7.44. The maximum absolute atomic E-state index is 10.6. The fraction of sp³-hybridized carbons (Fsp3) is 0.444. The van der Waals surface area contributed by atoms with Crippen LogP contribution in [0, 0.1) is 5.92 Å². The summed E-state index contributed by atoms with van der Waals surface area (Å²) in [7, 11) is 0. The number of hydrogen-bond acceptors (Lipinski definition) is 3. The van der Waals surface area contributed by atoms with Crippen molar-refractivity contribution in [3.8, 4) is 0 Å². The van der Waals surface area contributed by atoms with Gasteiger partial charge in [-0.15, -0.1) is 11.3 Å². The Kier molecular flexibility index (Phi) is 2.90. The lowest BCUT2D eigenvalue weighted by atomic mass is 10.0. The van der Waals surface area contributed by atoms with E-state index in [0.717, 1.165) is 11.0 Å². The van der Waals surface area contributed by atoms with E-state index < -0.39 is 5.97 Å². The van der Waals surface area contributed by atoms with Gasteiger partial charge in [0.2, 0.25) is 0 Å². The molecule has 1 saturated heterocycles. The lowest BCUT2D eigenvalue weighted by molar-refractivity contribution is -0.147. The highest BCUT2D eigenvalue weighted by molar-refractivity contribution is 9.10. The molecule has 5 heteroatoms. The standard InChI is InChI=1S/C9H10BrNO2S/c10-7-1-2-14-8(7)5-11-3-6(4-11)9(12)13/h1-2,6H,3-5H2,(H,12,13). The van der Waals surface area contributed by atoms with Gasteiger partial charge in [-0.3, -0.25) is 9.69 Å². The number of carboxylic acid groups (broad SMARTS) is 1. The van der Waals surface area contributed by atoms with Crippen molar-refractivity contribution in [2.45, 2.75) is 6.54 Å². The Bertz CT molecular complexity index is 346. The third-order valence-electron chi connectivity index (χ3n) is 2.36. The molecule has 1 fully saturated rings. The summed E-state index contributed by atoms with van der Waals surface area (Å²) in [6.45, 7) is 2.22. The van der Waals surface area contributed by atoms with Crippen LogP contribution in [0.2, 0.25) is 0 Å². The minimum atomic E-state index is -0.675. The van der Waals surface area contributed by atoms with Crippen LogP contribution in [0.15, 0.2) is 15.9 Å². The first-order valence-corrected chi connectivity index (χ1v) is 6.01. The fourth-order valence-electron chi connectivity index (χ4n) is 1.50. The van der Waals surface area contributed by atoms with Gasteiger partial charge in [-0.05, 0) is 27.4 Å². The molecule has 0 bridgehead atoms. The highest BCUT2D eigenvalue weighted by Gasteiger charge is 2.32. The second-order valence-electron chi connectivity index (χ2n) is 3.42. The van der Waals surface area contributed by atoms with Crippen LogP contribution in [0.25, 0.3) is 0 Å². The van der Waals surface area contributed by atoms with E-state index in [1.165, 1.54) is 4.88 Å². The van der Waals surface area contributed by atoms with Gasteiger partial charge in [0.1, 0.15) is 0 Å². The summed E-state index contributed by atoms with van der Waals surface area (Å²) < 4.78 is 1.13. The Morgan fingerprint density at radius 1 is 1.71 bits per heavy atom. The van der Waals surface area contributed by atoms with E-state index in [-0.39, 0.29) is 5.92 Å². The average molecular weight is 276 g/mol. The van der Waals surface area contributed by atoms with Crippen LogP contribution < -0.4 is 0 Å². The van der Waals surface area contributed by atoms with Crippen molar-refractivity contribution in [2.75, 3.05) is 13.1 Å². The van der Waals surface area contributed by atoms with Gasteiger partial charge in [0.15, 0.2) is 0 Å². The van der Waals surface area contributed by atoms with Crippen molar-refractivity contribution in [3.05, 3.63) is 20.8 Å². The first-order valence-electron chi connectivity index (χ1n) is 4.34. The molecule has 1 aliphatic heterocycles. The van der Waals surface area contributed by atoms with Crippen LogP contribution in [0.1, 0.15) is 4.88 Å². The van der Waals surface area contributed by atoms with Crippen molar-refractivity contribution < 1.29 is 9.90 Å². The Balaban J connectivity index is 1.85. The molecule has 0 aliphatic carbocycles.